The normalized spacial score (nSPS) is 11.9. The molecule has 1 aromatic heterocycles. The molecule has 106 valence electrons. The molecule has 0 saturated carbocycles. The number of hydrogen-bond donors (Lipinski definition) is 2. The zero-order chi connectivity index (χ0) is 14.5. The molecule has 0 bridgehead atoms. The third-order valence-corrected chi connectivity index (χ3v) is 2.84. The van der Waals surface area contributed by atoms with Crippen molar-refractivity contribution in [3.05, 3.63) is 47.9 Å². The van der Waals surface area contributed by atoms with Gasteiger partial charge in [0.1, 0.15) is 11.5 Å². The molecule has 1 atom stereocenters. The minimum Gasteiger partial charge on any atom is -0.466 e. The first-order chi connectivity index (χ1) is 9.56. The minimum atomic E-state index is -0.498. The van der Waals surface area contributed by atoms with Crippen molar-refractivity contribution in [1.29, 1.82) is 0 Å². The molecule has 1 heterocycles. The molecule has 0 saturated heterocycles. The monoisotopic (exact) mass is 274 g/mol. The van der Waals surface area contributed by atoms with E-state index < -0.39 is 6.04 Å². The average Bonchev–Trinajstić information content (AvgIpc) is 2.83. The van der Waals surface area contributed by atoms with Crippen LogP contribution in [-0.4, -0.2) is 11.9 Å². The number of ether oxygens (including phenoxy) is 1. The van der Waals surface area contributed by atoms with Crippen LogP contribution in [0.4, 0.5) is 0 Å². The molecule has 2 aromatic rings. The number of rotatable bonds is 5. The fourth-order valence-electron chi connectivity index (χ4n) is 1.63. The van der Waals surface area contributed by atoms with E-state index in [9.17, 15) is 4.79 Å². The van der Waals surface area contributed by atoms with Gasteiger partial charge < -0.3 is 20.2 Å². The van der Waals surface area contributed by atoms with Gasteiger partial charge in [-0.2, -0.15) is 0 Å². The van der Waals surface area contributed by atoms with E-state index in [0.717, 1.165) is 17.1 Å². The quantitative estimate of drug-likeness (QED) is 0.877. The molecule has 1 unspecified atom stereocenters. The van der Waals surface area contributed by atoms with Crippen LogP contribution in [0.5, 0.6) is 11.5 Å². The van der Waals surface area contributed by atoms with Crippen LogP contribution < -0.4 is 15.8 Å². The number of nitrogens with two attached hydrogens (primary N) is 1. The molecule has 20 heavy (non-hydrogen) atoms. The van der Waals surface area contributed by atoms with Crippen LogP contribution in [0.25, 0.3) is 0 Å². The fraction of sp³-hybridized carbons (Fsp3) is 0.267. The van der Waals surface area contributed by atoms with E-state index in [1.54, 1.807) is 19.3 Å². The molecular weight excluding hydrogens is 256 g/mol. The molecular formula is C15H18N2O3. The zero-order valence-electron chi connectivity index (χ0n) is 11.6. The summed E-state index contributed by atoms with van der Waals surface area (Å²) in [5.41, 5.74) is 6.45. The van der Waals surface area contributed by atoms with Gasteiger partial charge >= 0.3 is 0 Å². The molecule has 5 nitrogen and oxygen atoms in total. The fourth-order valence-corrected chi connectivity index (χ4v) is 1.63. The third kappa shape index (κ3) is 3.61. The lowest BCUT2D eigenvalue weighted by molar-refractivity contribution is -0.122. The zero-order valence-corrected chi connectivity index (χ0v) is 11.6. The second-order valence-electron chi connectivity index (χ2n) is 4.59. The highest BCUT2D eigenvalue weighted by Gasteiger charge is 2.07. The van der Waals surface area contributed by atoms with Gasteiger partial charge in [-0.3, -0.25) is 4.79 Å². The summed E-state index contributed by atoms with van der Waals surface area (Å²) in [5, 5.41) is 2.75. The van der Waals surface area contributed by atoms with Gasteiger partial charge in [0.25, 0.3) is 0 Å². The first kappa shape index (κ1) is 14.1. The first-order valence-corrected chi connectivity index (χ1v) is 6.40. The summed E-state index contributed by atoms with van der Waals surface area (Å²) in [4.78, 5) is 11.4. The Labute approximate surface area is 117 Å². The molecule has 0 radical (unpaired) electrons. The number of aryl methyl sites for hydroxylation is 1. The topological polar surface area (TPSA) is 77.5 Å². The van der Waals surface area contributed by atoms with Gasteiger partial charge in [-0.05, 0) is 31.5 Å². The van der Waals surface area contributed by atoms with Gasteiger partial charge in [-0.15, -0.1) is 0 Å². The van der Waals surface area contributed by atoms with E-state index in [1.165, 1.54) is 0 Å². The summed E-state index contributed by atoms with van der Waals surface area (Å²) < 4.78 is 10.8. The number of amides is 1. The molecule has 1 amide bonds. The largest absolute Gasteiger partial charge is 0.466 e. The van der Waals surface area contributed by atoms with Crippen molar-refractivity contribution in [1.82, 2.24) is 5.32 Å². The Morgan fingerprint density at radius 2 is 2.05 bits per heavy atom. The summed E-state index contributed by atoms with van der Waals surface area (Å²) in [6, 6.07) is 8.76. The number of benzene rings is 1. The lowest BCUT2D eigenvalue weighted by Gasteiger charge is -2.09. The highest BCUT2D eigenvalue weighted by Crippen LogP contribution is 2.25. The molecule has 0 fully saturated rings. The predicted octanol–water partition coefficient (Wildman–Crippen LogP) is 2.34. The van der Waals surface area contributed by atoms with Crippen LogP contribution in [0, 0.1) is 6.92 Å². The summed E-state index contributed by atoms with van der Waals surface area (Å²) in [7, 11) is 0. The van der Waals surface area contributed by atoms with E-state index in [-0.39, 0.29) is 5.91 Å². The van der Waals surface area contributed by atoms with Crippen LogP contribution in [0.15, 0.2) is 41.0 Å². The molecule has 2 rings (SSSR count). The first-order valence-electron chi connectivity index (χ1n) is 6.40. The third-order valence-electron chi connectivity index (χ3n) is 2.84. The van der Waals surface area contributed by atoms with Crippen LogP contribution in [0.1, 0.15) is 18.2 Å². The second kappa shape index (κ2) is 6.25. The van der Waals surface area contributed by atoms with Gasteiger partial charge in [0.15, 0.2) is 5.75 Å². The smallest absolute Gasteiger partial charge is 0.236 e. The van der Waals surface area contributed by atoms with E-state index >= 15 is 0 Å². The van der Waals surface area contributed by atoms with Crippen LogP contribution in [0.3, 0.4) is 0 Å². The van der Waals surface area contributed by atoms with E-state index in [0.29, 0.717) is 12.3 Å². The van der Waals surface area contributed by atoms with E-state index in [1.807, 2.05) is 31.2 Å². The van der Waals surface area contributed by atoms with E-state index in [2.05, 4.69) is 5.32 Å². The Bertz CT molecular complexity index is 573. The lowest BCUT2D eigenvalue weighted by Crippen LogP contribution is -2.37. The van der Waals surface area contributed by atoms with Gasteiger partial charge in [0.2, 0.25) is 5.91 Å². The molecule has 0 spiro atoms. The predicted molar refractivity (Wildman–Crippen MR) is 75.5 cm³/mol. The average molecular weight is 274 g/mol. The summed E-state index contributed by atoms with van der Waals surface area (Å²) in [6.45, 7) is 3.94. The molecule has 0 aliphatic heterocycles. The number of furan rings is 1. The summed E-state index contributed by atoms with van der Waals surface area (Å²) >= 11 is 0. The van der Waals surface area contributed by atoms with Crippen molar-refractivity contribution in [2.45, 2.75) is 26.4 Å². The molecule has 0 aliphatic carbocycles. The second-order valence-corrected chi connectivity index (χ2v) is 4.59. The van der Waals surface area contributed by atoms with Gasteiger partial charge in [-0.25, -0.2) is 0 Å². The number of hydrogen-bond acceptors (Lipinski definition) is 4. The number of carbonyl (C=O) groups is 1. The maximum absolute atomic E-state index is 11.4. The number of nitrogens with one attached hydrogen (secondary N) is 1. The van der Waals surface area contributed by atoms with Crippen molar-refractivity contribution in [2.24, 2.45) is 5.73 Å². The molecule has 0 aliphatic rings. The van der Waals surface area contributed by atoms with Crippen LogP contribution in [-0.2, 0) is 11.3 Å². The van der Waals surface area contributed by atoms with Crippen molar-refractivity contribution in [2.75, 3.05) is 0 Å². The SMILES string of the molecule is Cc1occc1Oc1ccc(CNC(=O)C(C)N)cc1. The summed E-state index contributed by atoms with van der Waals surface area (Å²) in [6.07, 6.45) is 1.59. The maximum Gasteiger partial charge on any atom is 0.236 e. The van der Waals surface area contributed by atoms with Gasteiger partial charge in [0, 0.05) is 12.6 Å². The Hall–Kier alpha value is -2.27. The molecule has 3 N–H and O–H groups in total. The van der Waals surface area contributed by atoms with Crippen molar-refractivity contribution in [3.63, 3.8) is 0 Å². The Morgan fingerprint density at radius 3 is 2.60 bits per heavy atom. The standard InChI is InChI=1S/C15H18N2O3/c1-10(16)15(18)17-9-12-3-5-13(6-4-12)20-14-7-8-19-11(14)2/h3-8,10H,9,16H2,1-2H3,(H,17,18). The molecule has 1 aromatic carbocycles. The van der Waals surface area contributed by atoms with Crippen LogP contribution >= 0.6 is 0 Å². The van der Waals surface area contributed by atoms with Crippen LogP contribution in [0.2, 0.25) is 0 Å². The van der Waals surface area contributed by atoms with Crippen molar-refractivity contribution >= 4 is 5.91 Å². The molecule has 5 heteroatoms. The Morgan fingerprint density at radius 1 is 1.35 bits per heavy atom. The highest BCUT2D eigenvalue weighted by molar-refractivity contribution is 5.80. The summed E-state index contributed by atoms with van der Waals surface area (Å²) in [5.74, 6) is 1.98. The van der Waals surface area contributed by atoms with Gasteiger partial charge in [0.05, 0.1) is 12.3 Å². The van der Waals surface area contributed by atoms with Crippen molar-refractivity contribution in [3.8, 4) is 11.5 Å². The van der Waals surface area contributed by atoms with Crippen molar-refractivity contribution < 1.29 is 13.9 Å². The Balaban J connectivity index is 1.93. The van der Waals surface area contributed by atoms with E-state index in [4.69, 9.17) is 14.9 Å². The lowest BCUT2D eigenvalue weighted by atomic mass is 10.2. The highest BCUT2D eigenvalue weighted by atomic mass is 16.5. The number of carbonyl (C=O) groups excluding carboxylic acids is 1. The minimum absolute atomic E-state index is 0.167. The van der Waals surface area contributed by atoms with Gasteiger partial charge in [-0.1, -0.05) is 12.1 Å². The Kier molecular flexibility index (Phi) is 4.42. The maximum atomic E-state index is 11.4.